The van der Waals surface area contributed by atoms with Gasteiger partial charge in [-0.25, -0.2) is 4.79 Å². The minimum Gasteiger partial charge on any atom is -0.465 e. The van der Waals surface area contributed by atoms with Crippen LogP contribution in [0.5, 0.6) is 0 Å². The number of amides is 2. The number of hydrogen-bond acceptors (Lipinski definition) is 3. The molecule has 138 valence electrons. The summed E-state index contributed by atoms with van der Waals surface area (Å²) in [7, 11) is 0. The van der Waals surface area contributed by atoms with Crippen molar-refractivity contribution < 1.29 is 14.7 Å². The van der Waals surface area contributed by atoms with Gasteiger partial charge in [-0.1, -0.05) is 29.8 Å². The van der Waals surface area contributed by atoms with Crippen molar-refractivity contribution in [3.05, 3.63) is 59.5 Å². The highest BCUT2D eigenvalue weighted by Gasteiger charge is 2.29. The van der Waals surface area contributed by atoms with Gasteiger partial charge in [-0.15, -0.1) is 0 Å². The van der Waals surface area contributed by atoms with E-state index in [9.17, 15) is 9.59 Å². The van der Waals surface area contributed by atoms with Gasteiger partial charge in [0.2, 0.25) is 0 Å². The van der Waals surface area contributed by atoms with Crippen LogP contribution in [-0.4, -0.2) is 62.6 Å². The maximum absolute atomic E-state index is 13.2. The third kappa shape index (κ3) is 3.00. The van der Waals surface area contributed by atoms with E-state index in [1.165, 1.54) is 4.90 Å². The number of benzene rings is 1. The smallest absolute Gasteiger partial charge is 0.407 e. The SMILES string of the molecule is O=C(O)N1CCN(C(=O)c2c(Cl)n(-c3ccccc3)c3cnccc23)CC1. The van der Waals surface area contributed by atoms with Crippen molar-refractivity contribution >= 4 is 34.5 Å². The fourth-order valence-corrected chi connectivity index (χ4v) is 3.77. The Morgan fingerprint density at radius 2 is 1.67 bits per heavy atom. The zero-order valence-electron chi connectivity index (χ0n) is 14.4. The number of pyridine rings is 1. The Morgan fingerprint density at radius 1 is 1.00 bits per heavy atom. The number of halogens is 1. The highest BCUT2D eigenvalue weighted by Crippen LogP contribution is 2.33. The van der Waals surface area contributed by atoms with E-state index in [1.54, 1.807) is 23.4 Å². The molecule has 0 saturated carbocycles. The molecule has 0 radical (unpaired) electrons. The number of hydrogen-bond donors (Lipinski definition) is 1. The lowest BCUT2D eigenvalue weighted by Gasteiger charge is -2.33. The van der Waals surface area contributed by atoms with Crippen molar-refractivity contribution in [1.82, 2.24) is 19.4 Å². The number of nitrogens with zero attached hydrogens (tertiary/aromatic N) is 4. The molecule has 0 spiro atoms. The van der Waals surface area contributed by atoms with Crippen molar-refractivity contribution in [2.45, 2.75) is 0 Å². The lowest BCUT2D eigenvalue weighted by Crippen LogP contribution is -2.50. The van der Waals surface area contributed by atoms with E-state index in [2.05, 4.69) is 4.98 Å². The van der Waals surface area contributed by atoms with Crippen LogP contribution in [-0.2, 0) is 0 Å². The Kier molecular flexibility index (Phi) is 4.45. The van der Waals surface area contributed by atoms with E-state index in [-0.39, 0.29) is 19.0 Å². The third-order valence-electron chi connectivity index (χ3n) is 4.78. The number of carboxylic acid groups (broad SMARTS) is 1. The van der Waals surface area contributed by atoms with Crippen LogP contribution in [0.2, 0.25) is 5.15 Å². The number of carbonyl (C=O) groups is 2. The van der Waals surface area contributed by atoms with Gasteiger partial charge in [0.15, 0.2) is 0 Å². The molecule has 1 aliphatic rings. The Balaban J connectivity index is 1.76. The number of aromatic nitrogens is 2. The average molecular weight is 385 g/mol. The van der Waals surface area contributed by atoms with Crippen LogP contribution in [0.15, 0.2) is 48.8 Å². The summed E-state index contributed by atoms with van der Waals surface area (Å²) in [5.41, 5.74) is 2.01. The summed E-state index contributed by atoms with van der Waals surface area (Å²) in [6, 6.07) is 11.3. The summed E-state index contributed by atoms with van der Waals surface area (Å²) >= 11 is 6.66. The fraction of sp³-hybridized carbons (Fsp3) is 0.211. The topological polar surface area (TPSA) is 78.7 Å². The van der Waals surface area contributed by atoms with E-state index < -0.39 is 6.09 Å². The molecular formula is C19H17ClN4O3. The molecule has 1 fully saturated rings. The molecule has 7 nitrogen and oxygen atoms in total. The largest absolute Gasteiger partial charge is 0.465 e. The molecule has 27 heavy (non-hydrogen) atoms. The number of para-hydroxylation sites is 1. The highest BCUT2D eigenvalue weighted by atomic mass is 35.5. The van der Waals surface area contributed by atoms with Gasteiger partial charge in [0, 0.05) is 43.4 Å². The first kappa shape index (κ1) is 17.4. The quantitative estimate of drug-likeness (QED) is 0.736. The first-order valence-corrected chi connectivity index (χ1v) is 8.92. The zero-order valence-corrected chi connectivity index (χ0v) is 15.1. The standard InChI is InChI=1S/C19H17ClN4O3/c20-17-16(18(25)22-8-10-23(11-9-22)19(26)27)14-6-7-21-12-15(14)24(17)13-4-2-1-3-5-13/h1-7,12H,8-11H2,(H,26,27). The van der Waals surface area contributed by atoms with Gasteiger partial charge in [0.1, 0.15) is 5.15 Å². The number of rotatable bonds is 2. The van der Waals surface area contributed by atoms with Crippen LogP contribution in [0, 0.1) is 0 Å². The van der Waals surface area contributed by atoms with E-state index in [0.29, 0.717) is 23.8 Å². The summed E-state index contributed by atoms with van der Waals surface area (Å²) in [5.74, 6) is -0.198. The zero-order chi connectivity index (χ0) is 19.0. The van der Waals surface area contributed by atoms with Gasteiger partial charge in [-0.3, -0.25) is 14.3 Å². The molecule has 0 bridgehead atoms. The first-order valence-electron chi connectivity index (χ1n) is 8.54. The summed E-state index contributed by atoms with van der Waals surface area (Å²) in [6.07, 6.45) is 2.35. The maximum Gasteiger partial charge on any atom is 0.407 e. The molecule has 0 atom stereocenters. The van der Waals surface area contributed by atoms with Crippen molar-refractivity contribution in [2.75, 3.05) is 26.2 Å². The molecule has 3 aromatic rings. The van der Waals surface area contributed by atoms with Crippen LogP contribution < -0.4 is 0 Å². The molecule has 1 saturated heterocycles. The molecule has 3 heterocycles. The van der Waals surface area contributed by atoms with Crippen LogP contribution >= 0.6 is 11.6 Å². The number of piperazine rings is 1. The first-order chi connectivity index (χ1) is 13.1. The van der Waals surface area contributed by atoms with Crippen LogP contribution in [0.4, 0.5) is 4.79 Å². The summed E-state index contributed by atoms with van der Waals surface area (Å²) in [5, 5.41) is 10.1. The monoisotopic (exact) mass is 384 g/mol. The second-order valence-corrected chi connectivity index (χ2v) is 6.65. The number of carbonyl (C=O) groups excluding carboxylic acids is 1. The van der Waals surface area contributed by atoms with Crippen molar-refractivity contribution in [1.29, 1.82) is 0 Å². The maximum atomic E-state index is 13.2. The highest BCUT2D eigenvalue weighted by molar-refractivity contribution is 6.35. The summed E-state index contributed by atoms with van der Waals surface area (Å²) < 4.78 is 1.81. The molecule has 2 aromatic heterocycles. The third-order valence-corrected chi connectivity index (χ3v) is 5.14. The van der Waals surface area contributed by atoms with Crippen molar-refractivity contribution in [2.24, 2.45) is 0 Å². The van der Waals surface area contributed by atoms with Crippen molar-refractivity contribution in [3.8, 4) is 5.69 Å². The van der Waals surface area contributed by atoms with Gasteiger partial charge in [-0.05, 0) is 18.2 Å². The average Bonchev–Trinajstić information content (AvgIpc) is 3.00. The molecule has 1 aliphatic heterocycles. The van der Waals surface area contributed by atoms with E-state index in [1.807, 2.05) is 34.9 Å². The van der Waals surface area contributed by atoms with Gasteiger partial charge < -0.3 is 14.9 Å². The molecule has 0 unspecified atom stereocenters. The second-order valence-electron chi connectivity index (χ2n) is 6.29. The normalized spacial score (nSPS) is 14.6. The molecule has 8 heteroatoms. The second kappa shape index (κ2) is 6.92. The Labute approximate surface area is 160 Å². The van der Waals surface area contributed by atoms with Crippen molar-refractivity contribution in [3.63, 3.8) is 0 Å². The van der Waals surface area contributed by atoms with Crippen LogP contribution in [0.25, 0.3) is 16.6 Å². The lowest BCUT2D eigenvalue weighted by atomic mass is 10.1. The molecule has 4 rings (SSSR count). The lowest BCUT2D eigenvalue weighted by molar-refractivity contribution is 0.0626. The van der Waals surface area contributed by atoms with Crippen LogP contribution in [0.3, 0.4) is 0 Å². The predicted octanol–water partition coefficient (Wildman–Crippen LogP) is 3.11. The molecule has 0 aliphatic carbocycles. The van der Waals surface area contributed by atoms with Crippen LogP contribution in [0.1, 0.15) is 10.4 Å². The molecular weight excluding hydrogens is 368 g/mol. The predicted molar refractivity (Wildman–Crippen MR) is 102 cm³/mol. The van der Waals surface area contributed by atoms with E-state index >= 15 is 0 Å². The Bertz CT molecular complexity index is 1010. The van der Waals surface area contributed by atoms with Gasteiger partial charge in [0.25, 0.3) is 5.91 Å². The summed E-state index contributed by atoms with van der Waals surface area (Å²) in [4.78, 5) is 31.4. The summed E-state index contributed by atoms with van der Waals surface area (Å²) in [6.45, 7) is 1.25. The van der Waals surface area contributed by atoms with E-state index in [4.69, 9.17) is 16.7 Å². The Hall–Kier alpha value is -3.06. The number of fused-ring (bicyclic) bond motifs is 1. The Morgan fingerprint density at radius 3 is 2.33 bits per heavy atom. The molecule has 1 N–H and O–H groups in total. The van der Waals surface area contributed by atoms with Gasteiger partial charge in [-0.2, -0.15) is 0 Å². The molecule has 1 aromatic carbocycles. The molecule has 2 amide bonds. The van der Waals surface area contributed by atoms with E-state index in [0.717, 1.165) is 16.6 Å². The van der Waals surface area contributed by atoms with Gasteiger partial charge >= 0.3 is 6.09 Å². The minimum atomic E-state index is -0.966. The van der Waals surface area contributed by atoms with Gasteiger partial charge in [0.05, 0.1) is 17.3 Å². The minimum absolute atomic E-state index is 0.198. The fourth-order valence-electron chi connectivity index (χ4n) is 3.40.